The molecule has 4 heteroatoms. The number of hydrogen-bond acceptors (Lipinski definition) is 3. The summed E-state index contributed by atoms with van der Waals surface area (Å²) in [6, 6.07) is 3.83. The van der Waals surface area contributed by atoms with Gasteiger partial charge in [-0.15, -0.1) is 11.3 Å². The van der Waals surface area contributed by atoms with E-state index in [-0.39, 0.29) is 5.91 Å². The van der Waals surface area contributed by atoms with E-state index in [2.05, 4.69) is 0 Å². The molecule has 0 unspecified atom stereocenters. The molecule has 0 bridgehead atoms. The van der Waals surface area contributed by atoms with E-state index in [1.165, 1.54) is 11.3 Å². The zero-order valence-electron chi connectivity index (χ0n) is 7.28. The summed E-state index contributed by atoms with van der Waals surface area (Å²) in [5, 5.41) is 1.82. The highest BCUT2D eigenvalue weighted by Crippen LogP contribution is 2.05. The highest BCUT2D eigenvalue weighted by molar-refractivity contribution is 7.12. The van der Waals surface area contributed by atoms with Crippen molar-refractivity contribution in [2.45, 2.75) is 19.9 Å². The summed E-state index contributed by atoms with van der Waals surface area (Å²) in [4.78, 5) is 10.9. The van der Waals surface area contributed by atoms with Crippen LogP contribution in [0.3, 0.4) is 0 Å². The van der Waals surface area contributed by atoms with Crippen molar-refractivity contribution >= 4 is 17.2 Å². The van der Waals surface area contributed by atoms with Crippen molar-refractivity contribution in [3.8, 4) is 0 Å². The SMILES string of the molecule is CC(C)N.NC(=O)c1cccs1. The molecule has 4 N–H and O–H groups in total. The zero-order valence-corrected chi connectivity index (χ0v) is 8.10. The number of carbonyl (C=O) groups is 1. The van der Waals surface area contributed by atoms with E-state index in [1.54, 1.807) is 12.1 Å². The van der Waals surface area contributed by atoms with E-state index in [4.69, 9.17) is 11.5 Å². The number of nitrogens with two attached hydrogens (primary N) is 2. The second kappa shape index (κ2) is 5.74. The molecule has 1 rings (SSSR count). The Balaban J connectivity index is 0.000000261. The topological polar surface area (TPSA) is 69.1 Å². The number of hydrogen-bond donors (Lipinski definition) is 2. The van der Waals surface area contributed by atoms with Gasteiger partial charge in [-0.1, -0.05) is 19.9 Å². The van der Waals surface area contributed by atoms with Crippen LogP contribution in [0.1, 0.15) is 23.5 Å². The van der Waals surface area contributed by atoms with Gasteiger partial charge in [-0.2, -0.15) is 0 Å². The third kappa shape index (κ3) is 5.88. The molecule has 0 fully saturated rings. The Morgan fingerprint density at radius 2 is 2.08 bits per heavy atom. The van der Waals surface area contributed by atoms with Gasteiger partial charge in [0.2, 0.25) is 0 Å². The Labute approximate surface area is 76.4 Å². The predicted octanol–water partition coefficient (Wildman–Crippen LogP) is 1.20. The van der Waals surface area contributed by atoms with Crippen LogP contribution in [0.2, 0.25) is 0 Å². The summed E-state index contributed by atoms with van der Waals surface area (Å²) in [6.07, 6.45) is 0. The van der Waals surface area contributed by atoms with Crippen LogP contribution in [-0.4, -0.2) is 11.9 Å². The van der Waals surface area contributed by atoms with E-state index < -0.39 is 0 Å². The maximum Gasteiger partial charge on any atom is 0.258 e. The second-order valence-corrected chi connectivity index (χ2v) is 3.53. The zero-order chi connectivity index (χ0) is 9.56. The average Bonchev–Trinajstić information content (AvgIpc) is 2.34. The lowest BCUT2D eigenvalue weighted by atomic mass is 10.5. The van der Waals surface area contributed by atoms with Crippen LogP contribution in [0.15, 0.2) is 17.5 Å². The van der Waals surface area contributed by atoms with Gasteiger partial charge in [0.25, 0.3) is 5.91 Å². The summed E-state index contributed by atoms with van der Waals surface area (Å²) in [7, 11) is 0. The molecule has 3 nitrogen and oxygen atoms in total. The maximum absolute atomic E-state index is 10.3. The summed E-state index contributed by atoms with van der Waals surface area (Å²) in [5.74, 6) is -0.347. The maximum atomic E-state index is 10.3. The van der Waals surface area contributed by atoms with Gasteiger partial charge in [0.1, 0.15) is 0 Å². The minimum atomic E-state index is -0.347. The van der Waals surface area contributed by atoms with Crippen LogP contribution < -0.4 is 11.5 Å². The molecule has 0 aliphatic carbocycles. The van der Waals surface area contributed by atoms with Crippen molar-refractivity contribution < 1.29 is 4.79 Å². The quantitative estimate of drug-likeness (QED) is 0.692. The van der Waals surface area contributed by atoms with E-state index in [0.29, 0.717) is 10.9 Å². The third-order valence-corrected chi connectivity index (χ3v) is 1.65. The number of primary amides is 1. The number of amides is 1. The Bertz CT molecular complexity index is 216. The van der Waals surface area contributed by atoms with Gasteiger partial charge in [-0.3, -0.25) is 4.79 Å². The Morgan fingerprint density at radius 1 is 1.58 bits per heavy atom. The van der Waals surface area contributed by atoms with Gasteiger partial charge in [-0.25, -0.2) is 0 Å². The molecule has 12 heavy (non-hydrogen) atoms. The standard InChI is InChI=1S/C5H5NOS.C3H9N/c6-5(7)4-2-1-3-8-4;1-3(2)4/h1-3H,(H2,6,7);3H,4H2,1-2H3. The molecule has 1 heterocycles. The normalized spacial score (nSPS) is 9.00. The van der Waals surface area contributed by atoms with Gasteiger partial charge in [0, 0.05) is 0 Å². The van der Waals surface area contributed by atoms with Gasteiger partial charge in [0.15, 0.2) is 0 Å². The molecular weight excluding hydrogens is 172 g/mol. The molecule has 0 saturated carbocycles. The van der Waals surface area contributed by atoms with Gasteiger partial charge >= 0.3 is 0 Å². The Kier molecular flexibility index (Phi) is 5.32. The summed E-state index contributed by atoms with van der Waals surface area (Å²) >= 11 is 1.36. The van der Waals surface area contributed by atoms with Crippen LogP contribution in [0.5, 0.6) is 0 Å². The molecule has 0 spiro atoms. The molecule has 1 aromatic heterocycles. The molecule has 0 radical (unpaired) electrons. The number of rotatable bonds is 1. The highest BCUT2D eigenvalue weighted by atomic mass is 32.1. The highest BCUT2D eigenvalue weighted by Gasteiger charge is 1.96. The van der Waals surface area contributed by atoms with Crippen LogP contribution >= 0.6 is 11.3 Å². The first-order chi connectivity index (χ1) is 5.54. The summed E-state index contributed by atoms with van der Waals surface area (Å²) in [6.45, 7) is 3.89. The van der Waals surface area contributed by atoms with Crippen molar-refractivity contribution in [3.63, 3.8) is 0 Å². The molecule has 68 valence electrons. The lowest BCUT2D eigenvalue weighted by Crippen LogP contribution is -2.07. The van der Waals surface area contributed by atoms with Gasteiger partial charge in [-0.05, 0) is 17.5 Å². The monoisotopic (exact) mass is 186 g/mol. The summed E-state index contributed by atoms with van der Waals surface area (Å²) in [5.41, 5.74) is 10.0. The molecule has 0 aromatic carbocycles. The number of carbonyl (C=O) groups excluding carboxylic acids is 1. The van der Waals surface area contributed by atoms with Crippen LogP contribution in [-0.2, 0) is 0 Å². The molecule has 1 aromatic rings. The molecule has 0 aliphatic rings. The lowest BCUT2D eigenvalue weighted by molar-refractivity contribution is 0.100. The molecule has 0 saturated heterocycles. The van der Waals surface area contributed by atoms with Crippen molar-refractivity contribution in [3.05, 3.63) is 22.4 Å². The fourth-order valence-corrected chi connectivity index (χ4v) is 0.996. The van der Waals surface area contributed by atoms with Crippen molar-refractivity contribution in [2.75, 3.05) is 0 Å². The fraction of sp³-hybridized carbons (Fsp3) is 0.375. The average molecular weight is 186 g/mol. The van der Waals surface area contributed by atoms with E-state index in [1.807, 2.05) is 19.2 Å². The molecule has 0 aliphatic heterocycles. The van der Waals surface area contributed by atoms with Gasteiger partial charge in [0.05, 0.1) is 4.88 Å². The van der Waals surface area contributed by atoms with Crippen LogP contribution in [0.4, 0.5) is 0 Å². The first-order valence-electron chi connectivity index (χ1n) is 3.63. The minimum Gasteiger partial charge on any atom is -0.365 e. The van der Waals surface area contributed by atoms with Crippen molar-refractivity contribution in [2.24, 2.45) is 11.5 Å². The smallest absolute Gasteiger partial charge is 0.258 e. The lowest BCUT2D eigenvalue weighted by Gasteiger charge is -1.81. The minimum absolute atomic E-state index is 0.333. The number of thiophene rings is 1. The van der Waals surface area contributed by atoms with Crippen LogP contribution in [0.25, 0.3) is 0 Å². The fourth-order valence-electron chi connectivity index (χ4n) is 0.419. The first-order valence-corrected chi connectivity index (χ1v) is 4.51. The predicted molar refractivity (Wildman–Crippen MR) is 52.2 cm³/mol. The molecule has 1 amide bonds. The first kappa shape index (κ1) is 11.1. The second-order valence-electron chi connectivity index (χ2n) is 2.59. The molecular formula is C8H14N2OS. The Hall–Kier alpha value is -0.870. The summed E-state index contributed by atoms with van der Waals surface area (Å²) < 4.78 is 0. The Morgan fingerprint density at radius 3 is 2.25 bits per heavy atom. The van der Waals surface area contributed by atoms with E-state index >= 15 is 0 Å². The van der Waals surface area contributed by atoms with Crippen LogP contribution in [0, 0.1) is 0 Å². The van der Waals surface area contributed by atoms with E-state index in [9.17, 15) is 4.79 Å². The van der Waals surface area contributed by atoms with Crippen molar-refractivity contribution in [1.82, 2.24) is 0 Å². The molecule has 0 atom stereocenters. The largest absolute Gasteiger partial charge is 0.365 e. The van der Waals surface area contributed by atoms with E-state index in [0.717, 1.165) is 0 Å². The van der Waals surface area contributed by atoms with Gasteiger partial charge < -0.3 is 11.5 Å². The third-order valence-electron chi connectivity index (χ3n) is 0.764. The van der Waals surface area contributed by atoms with Crippen molar-refractivity contribution in [1.29, 1.82) is 0 Å².